The van der Waals surface area contributed by atoms with Crippen molar-refractivity contribution in [3.05, 3.63) is 52.6 Å². The lowest BCUT2D eigenvalue weighted by atomic mass is 10.0. The lowest BCUT2D eigenvalue weighted by Gasteiger charge is -2.14. The first-order valence-electron chi connectivity index (χ1n) is 5.70. The molecule has 3 nitrogen and oxygen atoms in total. The van der Waals surface area contributed by atoms with E-state index >= 15 is 0 Å². The third kappa shape index (κ3) is 2.89. The summed E-state index contributed by atoms with van der Waals surface area (Å²) < 4.78 is 15.1. The summed E-state index contributed by atoms with van der Waals surface area (Å²) in [5, 5.41) is 7.50. The van der Waals surface area contributed by atoms with E-state index in [4.69, 9.17) is 11.6 Å². The number of likely N-dealkylation sites (N-methyl/N-ethyl adjacent to an activating group) is 1. The van der Waals surface area contributed by atoms with Crippen LogP contribution in [-0.4, -0.2) is 16.8 Å². The number of aromatic nitrogens is 2. The average Bonchev–Trinajstić information content (AvgIpc) is 2.77. The summed E-state index contributed by atoms with van der Waals surface area (Å²) in [5.74, 6) is -0.379. The number of aryl methyl sites for hydroxylation is 1. The Morgan fingerprint density at radius 2 is 2.28 bits per heavy atom. The summed E-state index contributed by atoms with van der Waals surface area (Å²) in [7, 11) is 3.75. The highest BCUT2D eigenvalue weighted by Gasteiger charge is 2.12. The van der Waals surface area contributed by atoms with Gasteiger partial charge in [-0.15, -0.1) is 0 Å². The molecule has 0 bridgehead atoms. The second-order valence-electron chi connectivity index (χ2n) is 4.24. The third-order valence-corrected chi connectivity index (χ3v) is 3.21. The molecule has 1 aromatic heterocycles. The van der Waals surface area contributed by atoms with Gasteiger partial charge in [0.15, 0.2) is 0 Å². The smallest absolute Gasteiger partial charge is 0.142 e. The molecular weight excluding hydrogens is 253 g/mol. The van der Waals surface area contributed by atoms with Crippen molar-refractivity contribution >= 4 is 11.6 Å². The molecule has 18 heavy (non-hydrogen) atoms. The maximum atomic E-state index is 13.4. The van der Waals surface area contributed by atoms with Gasteiger partial charge in [-0.2, -0.15) is 5.10 Å². The fraction of sp³-hybridized carbons (Fsp3) is 0.308. The van der Waals surface area contributed by atoms with Crippen molar-refractivity contribution in [2.45, 2.75) is 12.5 Å². The number of benzene rings is 1. The predicted octanol–water partition coefficient (Wildman–Crippen LogP) is 2.72. The number of nitrogens with zero attached hydrogens (tertiary/aromatic N) is 2. The molecule has 1 unspecified atom stereocenters. The Bertz CT molecular complexity index is 539. The fourth-order valence-corrected chi connectivity index (χ4v) is 2.03. The van der Waals surface area contributed by atoms with E-state index < -0.39 is 0 Å². The molecule has 2 aromatic rings. The molecule has 1 aromatic carbocycles. The molecule has 0 saturated carbocycles. The Balaban J connectivity index is 2.17. The van der Waals surface area contributed by atoms with Crippen molar-refractivity contribution in [1.29, 1.82) is 0 Å². The molecule has 1 N–H and O–H groups in total. The van der Waals surface area contributed by atoms with Crippen LogP contribution in [-0.2, 0) is 13.5 Å². The van der Waals surface area contributed by atoms with Crippen molar-refractivity contribution < 1.29 is 4.39 Å². The van der Waals surface area contributed by atoms with Gasteiger partial charge in [-0.1, -0.05) is 17.7 Å². The third-order valence-electron chi connectivity index (χ3n) is 2.90. The van der Waals surface area contributed by atoms with Crippen LogP contribution in [0.2, 0.25) is 5.02 Å². The number of hydrogen-bond donors (Lipinski definition) is 1. The van der Waals surface area contributed by atoms with Crippen LogP contribution < -0.4 is 5.32 Å². The molecule has 0 amide bonds. The van der Waals surface area contributed by atoms with Crippen molar-refractivity contribution in [3.8, 4) is 0 Å². The van der Waals surface area contributed by atoms with Crippen molar-refractivity contribution in [2.24, 2.45) is 7.05 Å². The SMILES string of the molecule is CNC(Cc1ccc(Cl)c(F)c1)c1cnn(C)c1. The Morgan fingerprint density at radius 3 is 2.83 bits per heavy atom. The summed E-state index contributed by atoms with van der Waals surface area (Å²) in [5.41, 5.74) is 1.98. The minimum Gasteiger partial charge on any atom is -0.313 e. The lowest BCUT2D eigenvalue weighted by molar-refractivity contribution is 0.583. The normalized spacial score (nSPS) is 12.7. The van der Waals surface area contributed by atoms with E-state index in [2.05, 4.69) is 10.4 Å². The predicted molar refractivity (Wildman–Crippen MR) is 70.1 cm³/mol. The fourth-order valence-electron chi connectivity index (χ4n) is 1.91. The molecule has 0 aliphatic rings. The molecule has 0 fully saturated rings. The Hall–Kier alpha value is -1.39. The van der Waals surface area contributed by atoms with E-state index in [1.54, 1.807) is 10.7 Å². The highest BCUT2D eigenvalue weighted by Crippen LogP contribution is 2.21. The van der Waals surface area contributed by atoms with Crippen LogP contribution >= 0.6 is 11.6 Å². The summed E-state index contributed by atoms with van der Waals surface area (Å²) in [6.07, 6.45) is 4.46. The highest BCUT2D eigenvalue weighted by atomic mass is 35.5. The summed E-state index contributed by atoms with van der Waals surface area (Å²) in [4.78, 5) is 0. The lowest BCUT2D eigenvalue weighted by Crippen LogP contribution is -2.18. The van der Waals surface area contributed by atoms with Gasteiger partial charge < -0.3 is 5.32 Å². The van der Waals surface area contributed by atoms with E-state index in [-0.39, 0.29) is 16.9 Å². The van der Waals surface area contributed by atoms with E-state index in [1.165, 1.54) is 6.07 Å². The maximum Gasteiger partial charge on any atom is 0.142 e. The summed E-state index contributed by atoms with van der Waals surface area (Å²) in [6.45, 7) is 0. The zero-order valence-electron chi connectivity index (χ0n) is 10.3. The van der Waals surface area contributed by atoms with Gasteiger partial charge in [-0.3, -0.25) is 4.68 Å². The Labute approximate surface area is 111 Å². The molecule has 0 aliphatic carbocycles. The Morgan fingerprint density at radius 1 is 1.50 bits per heavy atom. The van der Waals surface area contributed by atoms with Crippen molar-refractivity contribution in [2.75, 3.05) is 7.05 Å². The summed E-state index contributed by atoms with van der Waals surface area (Å²) >= 11 is 5.67. The van der Waals surface area contributed by atoms with Gasteiger partial charge in [0.2, 0.25) is 0 Å². The second-order valence-corrected chi connectivity index (χ2v) is 4.65. The van der Waals surface area contributed by atoms with Gasteiger partial charge in [0.05, 0.1) is 11.2 Å². The molecule has 0 aliphatic heterocycles. The number of nitrogens with one attached hydrogen (secondary N) is 1. The molecule has 0 radical (unpaired) electrons. The van der Waals surface area contributed by atoms with Gasteiger partial charge in [0, 0.05) is 24.8 Å². The zero-order chi connectivity index (χ0) is 13.1. The van der Waals surface area contributed by atoms with Crippen LogP contribution in [0.3, 0.4) is 0 Å². The second kappa shape index (κ2) is 5.50. The van der Waals surface area contributed by atoms with Crippen LogP contribution in [0, 0.1) is 5.82 Å². The molecule has 1 atom stereocenters. The number of hydrogen-bond acceptors (Lipinski definition) is 2. The number of rotatable bonds is 4. The molecule has 1 heterocycles. The first kappa shape index (κ1) is 13.1. The van der Waals surface area contributed by atoms with E-state index in [0.29, 0.717) is 6.42 Å². The molecular formula is C13H15ClFN3. The molecule has 2 rings (SSSR count). The van der Waals surface area contributed by atoms with Crippen LogP contribution in [0.5, 0.6) is 0 Å². The Kier molecular flexibility index (Phi) is 3.99. The van der Waals surface area contributed by atoms with Crippen LogP contribution in [0.1, 0.15) is 17.2 Å². The van der Waals surface area contributed by atoms with Gasteiger partial charge in [-0.05, 0) is 31.2 Å². The quantitative estimate of drug-likeness (QED) is 0.923. The van der Waals surface area contributed by atoms with Crippen LogP contribution in [0.25, 0.3) is 0 Å². The van der Waals surface area contributed by atoms with E-state index in [1.807, 2.05) is 32.6 Å². The first-order chi connectivity index (χ1) is 8.60. The summed E-state index contributed by atoms with van der Waals surface area (Å²) in [6, 6.07) is 5.01. The minimum absolute atomic E-state index is 0.110. The van der Waals surface area contributed by atoms with Gasteiger partial charge in [-0.25, -0.2) is 4.39 Å². The van der Waals surface area contributed by atoms with Crippen LogP contribution in [0.15, 0.2) is 30.6 Å². The monoisotopic (exact) mass is 267 g/mol. The van der Waals surface area contributed by atoms with E-state index in [0.717, 1.165) is 11.1 Å². The minimum atomic E-state index is -0.379. The zero-order valence-corrected chi connectivity index (χ0v) is 11.1. The topological polar surface area (TPSA) is 29.9 Å². The standard InChI is InChI=1S/C13H15ClFN3/c1-16-13(10-7-17-18(2)8-10)6-9-3-4-11(14)12(15)5-9/h3-5,7-8,13,16H,6H2,1-2H3. The van der Waals surface area contributed by atoms with Crippen LogP contribution in [0.4, 0.5) is 4.39 Å². The van der Waals surface area contributed by atoms with Gasteiger partial charge in [0.1, 0.15) is 5.82 Å². The molecule has 0 saturated heterocycles. The average molecular weight is 268 g/mol. The van der Waals surface area contributed by atoms with Crippen molar-refractivity contribution in [1.82, 2.24) is 15.1 Å². The highest BCUT2D eigenvalue weighted by molar-refractivity contribution is 6.30. The van der Waals surface area contributed by atoms with E-state index in [9.17, 15) is 4.39 Å². The first-order valence-corrected chi connectivity index (χ1v) is 6.07. The van der Waals surface area contributed by atoms with Gasteiger partial charge in [0.25, 0.3) is 0 Å². The van der Waals surface area contributed by atoms with Crippen molar-refractivity contribution in [3.63, 3.8) is 0 Å². The van der Waals surface area contributed by atoms with Gasteiger partial charge >= 0.3 is 0 Å². The largest absolute Gasteiger partial charge is 0.313 e. The molecule has 0 spiro atoms. The maximum absolute atomic E-state index is 13.4. The molecule has 5 heteroatoms. The number of halogens is 2. The molecule has 96 valence electrons.